The van der Waals surface area contributed by atoms with Gasteiger partial charge >= 0.3 is 0 Å². The van der Waals surface area contributed by atoms with Crippen LogP contribution in [0.4, 0.5) is 4.39 Å². The van der Waals surface area contributed by atoms with Crippen molar-refractivity contribution < 1.29 is 9.50 Å². The quantitative estimate of drug-likeness (QED) is 0.874. The fraction of sp³-hybridized carbons (Fsp3) is 0.286. The molecule has 0 unspecified atom stereocenters. The fourth-order valence-electron chi connectivity index (χ4n) is 2.00. The highest BCUT2D eigenvalue weighted by molar-refractivity contribution is 5.22. The molecule has 5 heteroatoms. The van der Waals surface area contributed by atoms with E-state index in [0.717, 1.165) is 5.56 Å². The molecule has 0 spiro atoms. The van der Waals surface area contributed by atoms with Crippen LogP contribution in [-0.4, -0.2) is 21.7 Å². The van der Waals surface area contributed by atoms with Crippen molar-refractivity contribution in [3.8, 4) is 0 Å². The van der Waals surface area contributed by atoms with Crippen molar-refractivity contribution in [2.75, 3.05) is 6.61 Å². The molecule has 100 valence electrons. The molecule has 0 aliphatic carbocycles. The van der Waals surface area contributed by atoms with Crippen LogP contribution in [0.25, 0.3) is 0 Å². The average Bonchev–Trinajstić information content (AvgIpc) is 2.34. The number of hydrogen-bond donors (Lipinski definition) is 2. The molecule has 0 aliphatic heterocycles. The van der Waals surface area contributed by atoms with Gasteiger partial charge in [-0.2, -0.15) is 0 Å². The summed E-state index contributed by atoms with van der Waals surface area (Å²) >= 11 is 0. The first kappa shape index (κ1) is 13.4. The molecule has 1 heterocycles. The Hall–Kier alpha value is -2.01. The number of aromatic nitrogens is 2. The Labute approximate surface area is 110 Å². The number of benzene rings is 1. The van der Waals surface area contributed by atoms with Gasteiger partial charge in [-0.3, -0.25) is 4.79 Å². The first-order valence-electron chi connectivity index (χ1n) is 6.04. The van der Waals surface area contributed by atoms with E-state index >= 15 is 0 Å². The third kappa shape index (κ3) is 3.26. The minimum atomic E-state index is -0.312. The molecule has 2 aromatic rings. The Balaban J connectivity index is 2.29. The monoisotopic (exact) mass is 262 g/mol. The van der Waals surface area contributed by atoms with Gasteiger partial charge in [0, 0.05) is 30.7 Å². The van der Waals surface area contributed by atoms with Crippen molar-refractivity contribution in [2.45, 2.75) is 19.8 Å². The second-order valence-electron chi connectivity index (χ2n) is 4.36. The number of aromatic amines is 1. The normalized spacial score (nSPS) is 10.7. The third-order valence-corrected chi connectivity index (χ3v) is 2.89. The molecule has 0 saturated heterocycles. The summed E-state index contributed by atoms with van der Waals surface area (Å²) in [6.45, 7) is 1.64. The van der Waals surface area contributed by atoms with Crippen LogP contribution < -0.4 is 5.56 Å². The van der Waals surface area contributed by atoms with Gasteiger partial charge < -0.3 is 10.1 Å². The highest BCUT2D eigenvalue weighted by Gasteiger charge is 2.08. The van der Waals surface area contributed by atoms with Gasteiger partial charge in [-0.15, -0.1) is 0 Å². The molecule has 1 aromatic heterocycles. The van der Waals surface area contributed by atoms with Gasteiger partial charge in [0.15, 0.2) is 0 Å². The van der Waals surface area contributed by atoms with Gasteiger partial charge in [0.05, 0.1) is 0 Å². The lowest BCUT2D eigenvalue weighted by Gasteiger charge is -2.06. The molecule has 0 aliphatic rings. The number of aryl methyl sites for hydroxylation is 1. The lowest BCUT2D eigenvalue weighted by molar-refractivity contribution is 0.298. The molecule has 2 N–H and O–H groups in total. The molecular formula is C14H15FN2O2. The summed E-state index contributed by atoms with van der Waals surface area (Å²) in [5.41, 5.74) is 1.60. The van der Waals surface area contributed by atoms with Gasteiger partial charge in [-0.05, 0) is 24.6 Å². The summed E-state index contributed by atoms with van der Waals surface area (Å²) in [6, 6.07) is 6.18. The van der Waals surface area contributed by atoms with Crippen LogP contribution in [0, 0.1) is 12.7 Å². The number of halogens is 1. The molecule has 1 aromatic carbocycles. The second kappa shape index (κ2) is 5.75. The molecule has 0 radical (unpaired) electrons. The van der Waals surface area contributed by atoms with Crippen LogP contribution in [-0.2, 0) is 12.8 Å². The Morgan fingerprint density at radius 3 is 2.84 bits per heavy atom. The summed E-state index contributed by atoms with van der Waals surface area (Å²) in [5.74, 6) is 0.184. The molecule has 0 amide bonds. The van der Waals surface area contributed by atoms with Crippen molar-refractivity contribution in [1.82, 2.24) is 9.97 Å². The summed E-state index contributed by atoms with van der Waals surface area (Å²) in [4.78, 5) is 18.8. The van der Waals surface area contributed by atoms with Crippen LogP contribution in [0.3, 0.4) is 0 Å². The fourth-order valence-corrected chi connectivity index (χ4v) is 2.00. The zero-order valence-electron chi connectivity index (χ0n) is 10.6. The van der Waals surface area contributed by atoms with E-state index in [1.807, 2.05) is 0 Å². The van der Waals surface area contributed by atoms with Crippen LogP contribution in [0.15, 0.2) is 29.1 Å². The number of hydrogen-bond acceptors (Lipinski definition) is 3. The highest BCUT2D eigenvalue weighted by atomic mass is 19.1. The van der Waals surface area contributed by atoms with Crippen molar-refractivity contribution >= 4 is 0 Å². The lowest BCUT2D eigenvalue weighted by atomic mass is 10.1. The number of aliphatic hydroxyl groups is 1. The van der Waals surface area contributed by atoms with E-state index in [2.05, 4.69) is 9.97 Å². The number of nitrogens with zero attached hydrogens (tertiary/aromatic N) is 1. The summed E-state index contributed by atoms with van der Waals surface area (Å²) in [5, 5.41) is 8.88. The molecule has 2 rings (SSSR count). The topological polar surface area (TPSA) is 66.0 Å². The maximum Gasteiger partial charge on any atom is 0.254 e. The molecule has 0 atom stereocenters. The summed E-state index contributed by atoms with van der Waals surface area (Å²) < 4.78 is 13.1. The van der Waals surface area contributed by atoms with Crippen LogP contribution >= 0.6 is 0 Å². The maximum absolute atomic E-state index is 13.1. The van der Waals surface area contributed by atoms with Crippen LogP contribution in [0.2, 0.25) is 0 Å². The Morgan fingerprint density at radius 1 is 1.42 bits per heavy atom. The van der Waals surface area contributed by atoms with Gasteiger partial charge in [0.2, 0.25) is 0 Å². The molecule has 0 bridgehead atoms. The molecular weight excluding hydrogens is 247 g/mol. The minimum absolute atomic E-state index is 0.0884. The number of aliphatic hydroxyl groups excluding tert-OH is 1. The van der Waals surface area contributed by atoms with E-state index in [1.165, 1.54) is 12.1 Å². The predicted molar refractivity (Wildman–Crippen MR) is 69.6 cm³/mol. The van der Waals surface area contributed by atoms with Crippen LogP contribution in [0.1, 0.15) is 22.6 Å². The van der Waals surface area contributed by atoms with Crippen molar-refractivity contribution in [3.05, 3.63) is 63.1 Å². The van der Waals surface area contributed by atoms with Crippen molar-refractivity contribution in [3.63, 3.8) is 0 Å². The number of H-pyrrole nitrogens is 1. The van der Waals surface area contributed by atoms with Gasteiger partial charge in [-0.1, -0.05) is 12.1 Å². The number of nitrogens with one attached hydrogen (secondary N) is 1. The summed E-state index contributed by atoms with van der Waals surface area (Å²) in [6.07, 6.45) is 0.654. The Bertz CT molecular complexity index is 638. The van der Waals surface area contributed by atoms with E-state index in [1.54, 1.807) is 19.1 Å². The number of rotatable bonds is 4. The van der Waals surface area contributed by atoms with Gasteiger partial charge in [-0.25, -0.2) is 9.37 Å². The lowest BCUT2D eigenvalue weighted by Crippen LogP contribution is -2.20. The Kier molecular flexibility index (Phi) is 4.06. The van der Waals surface area contributed by atoms with E-state index in [4.69, 9.17) is 5.11 Å². The van der Waals surface area contributed by atoms with E-state index < -0.39 is 0 Å². The van der Waals surface area contributed by atoms with Gasteiger partial charge in [0.25, 0.3) is 5.56 Å². The summed E-state index contributed by atoms with van der Waals surface area (Å²) in [7, 11) is 0. The minimum Gasteiger partial charge on any atom is -0.396 e. The zero-order valence-corrected chi connectivity index (χ0v) is 10.6. The molecule has 0 saturated carbocycles. The SMILES string of the molecule is Cc1nc(Cc2cccc(F)c2)[nH]c(=O)c1CCO. The zero-order chi connectivity index (χ0) is 13.8. The molecule has 19 heavy (non-hydrogen) atoms. The second-order valence-corrected chi connectivity index (χ2v) is 4.36. The maximum atomic E-state index is 13.1. The largest absolute Gasteiger partial charge is 0.396 e. The average molecular weight is 262 g/mol. The highest BCUT2D eigenvalue weighted by Crippen LogP contribution is 2.08. The van der Waals surface area contributed by atoms with Crippen molar-refractivity contribution in [1.29, 1.82) is 0 Å². The smallest absolute Gasteiger partial charge is 0.254 e. The first-order valence-corrected chi connectivity index (χ1v) is 6.04. The standard InChI is InChI=1S/C14H15FN2O2/c1-9-12(5-6-18)14(19)17-13(16-9)8-10-3-2-4-11(15)7-10/h2-4,7,18H,5-6,8H2,1H3,(H,16,17,19). The first-order chi connectivity index (χ1) is 9.10. The third-order valence-electron chi connectivity index (χ3n) is 2.89. The van der Waals surface area contributed by atoms with E-state index in [9.17, 15) is 9.18 Å². The van der Waals surface area contributed by atoms with E-state index in [0.29, 0.717) is 23.5 Å². The molecule has 4 nitrogen and oxygen atoms in total. The van der Waals surface area contributed by atoms with Crippen LogP contribution in [0.5, 0.6) is 0 Å². The predicted octanol–water partition coefficient (Wildman–Crippen LogP) is 1.34. The van der Waals surface area contributed by atoms with Crippen molar-refractivity contribution in [2.24, 2.45) is 0 Å². The Morgan fingerprint density at radius 2 is 2.21 bits per heavy atom. The van der Waals surface area contributed by atoms with Gasteiger partial charge in [0.1, 0.15) is 11.6 Å². The van der Waals surface area contributed by atoms with E-state index in [-0.39, 0.29) is 24.4 Å². The molecule has 0 fully saturated rings.